The molecule has 0 saturated heterocycles. The van der Waals surface area contributed by atoms with Crippen LogP contribution in [0.5, 0.6) is 0 Å². The highest BCUT2D eigenvalue weighted by Crippen LogP contribution is 2.24. The lowest BCUT2D eigenvalue weighted by Crippen LogP contribution is -2.03. The van der Waals surface area contributed by atoms with Gasteiger partial charge in [-0.25, -0.2) is 4.98 Å². The standard InChI is InChI=1S/C16H15N3OS/c20-10-13-6-7-17-9-15(13)18-8-14-11-21-16(19-14)12-4-2-1-3-5-12/h1-7,9,11,18,20H,8,10H2. The minimum Gasteiger partial charge on any atom is -0.392 e. The Balaban J connectivity index is 1.71. The first-order chi connectivity index (χ1) is 10.4. The summed E-state index contributed by atoms with van der Waals surface area (Å²) in [5.41, 5.74) is 3.79. The van der Waals surface area contributed by atoms with Crippen molar-refractivity contribution in [2.45, 2.75) is 13.2 Å². The topological polar surface area (TPSA) is 58.0 Å². The zero-order valence-corrected chi connectivity index (χ0v) is 12.2. The first kappa shape index (κ1) is 13.7. The number of aliphatic hydroxyl groups is 1. The van der Waals surface area contributed by atoms with Gasteiger partial charge >= 0.3 is 0 Å². The van der Waals surface area contributed by atoms with Crippen molar-refractivity contribution in [1.29, 1.82) is 0 Å². The maximum absolute atomic E-state index is 9.29. The van der Waals surface area contributed by atoms with Crippen LogP contribution >= 0.6 is 11.3 Å². The van der Waals surface area contributed by atoms with Gasteiger partial charge in [0.25, 0.3) is 0 Å². The SMILES string of the molecule is OCc1ccncc1NCc1csc(-c2ccccc2)n1. The third kappa shape index (κ3) is 3.26. The van der Waals surface area contributed by atoms with E-state index in [0.29, 0.717) is 6.54 Å². The van der Waals surface area contributed by atoms with Crippen LogP contribution in [-0.2, 0) is 13.2 Å². The summed E-state index contributed by atoms with van der Waals surface area (Å²) in [5, 5.41) is 15.6. The van der Waals surface area contributed by atoms with E-state index in [1.165, 1.54) is 0 Å². The monoisotopic (exact) mass is 297 g/mol. The number of nitrogens with one attached hydrogen (secondary N) is 1. The Hall–Kier alpha value is -2.24. The Labute approximate surface area is 127 Å². The molecule has 2 N–H and O–H groups in total. The molecule has 0 radical (unpaired) electrons. The van der Waals surface area contributed by atoms with Crippen LogP contribution < -0.4 is 5.32 Å². The fourth-order valence-electron chi connectivity index (χ4n) is 2.01. The van der Waals surface area contributed by atoms with Gasteiger partial charge in [-0.1, -0.05) is 30.3 Å². The zero-order valence-electron chi connectivity index (χ0n) is 11.4. The van der Waals surface area contributed by atoms with E-state index in [4.69, 9.17) is 0 Å². The van der Waals surface area contributed by atoms with Crippen molar-refractivity contribution in [3.63, 3.8) is 0 Å². The lowest BCUT2D eigenvalue weighted by atomic mass is 10.2. The molecule has 2 heterocycles. The summed E-state index contributed by atoms with van der Waals surface area (Å²) in [6, 6.07) is 11.9. The molecule has 0 aliphatic carbocycles. The molecule has 3 aromatic rings. The fourth-order valence-corrected chi connectivity index (χ4v) is 2.83. The van der Waals surface area contributed by atoms with Gasteiger partial charge < -0.3 is 10.4 Å². The number of rotatable bonds is 5. The number of thiazole rings is 1. The maximum Gasteiger partial charge on any atom is 0.123 e. The van der Waals surface area contributed by atoms with Gasteiger partial charge in [-0.15, -0.1) is 11.3 Å². The second-order valence-electron chi connectivity index (χ2n) is 4.55. The summed E-state index contributed by atoms with van der Waals surface area (Å²) in [6.45, 7) is 0.610. The molecule has 1 aromatic carbocycles. The number of aromatic nitrogens is 2. The van der Waals surface area contributed by atoms with E-state index >= 15 is 0 Å². The predicted octanol–water partition coefficient (Wildman–Crippen LogP) is 3.31. The Morgan fingerprint density at radius 2 is 2.00 bits per heavy atom. The van der Waals surface area contributed by atoms with E-state index in [-0.39, 0.29) is 6.61 Å². The molecule has 0 saturated carbocycles. The van der Waals surface area contributed by atoms with E-state index < -0.39 is 0 Å². The molecule has 3 rings (SSSR count). The van der Waals surface area contributed by atoms with Crippen LogP contribution in [0, 0.1) is 0 Å². The predicted molar refractivity (Wildman–Crippen MR) is 85.0 cm³/mol. The number of hydrogen-bond donors (Lipinski definition) is 2. The highest BCUT2D eigenvalue weighted by atomic mass is 32.1. The molecule has 0 amide bonds. The first-order valence-corrected chi connectivity index (χ1v) is 7.52. The average Bonchev–Trinajstić information content (AvgIpc) is 3.03. The summed E-state index contributed by atoms with van der Waals surface area (Å²) >= 11 is 1.63. The van der Waals surface area contributed by atoms with E-state index in [9.17, 15) is 5.11 Å². The fraction of sp³-hybridized carbons (Fsp3) is 0.125. The highest BCUT2D eigenvalue weighted by molar-refractivity contribution is 7.13. The van der Waals surface area contributed by atoms with Gasteiger partial charge in [-0.05, 0) is 6.07 Å². The smallest absolute Gasteiger partial charge is 0.123 e. The van der Waals surface area contributed by atoms with Crippen LogP contribution in [-0.4, -0.2) is 15.1 Å². The number of hydrogen-bond acceptors (Lipinski definition) is 5. The maximum atomic E-state index is 9.29. The number of anilines is 1. The van der Waals surface area contributed by atoms with Crippen molar-refractivity contribution < 1.29 is 5.11 Å². The number of aliphatic hydroxyl groups excluding tert-OH is 1. The summed E-state index contributed by atoms with van der Waals surface area (Å²) in [6.07, 6.45) is 3.39. The quantitative estimate of drug-likeness (QED) is 0.758. The van der Waals surface area contributed by atoms with E-state index in [0.717, 1.165) is 27.5 Å². The van der Waals surface area contributed by atoms with Crippen molar-refractivity contribution in [2.24, 2.45) is 0 Å². The molecule has 0 aliphatic rings. The minimum absolute atomic E-state index is 0.00279. The Morgan fingerprint density at radius 3 is 2.81 bits per heavy atom. The Bertz CT molecular complexity index is 712. The molecule has 0 bridgehead atoms. The van der Waals surface area contributed by atoms with Crippen LogP contribution in [0.2, 0.25) is 0 Å². The second kappa shape index (κ2) is 6.47. The third-order valence-electron chi connectivity index (χ3n) is 3.11. The lowest BCUT2D eigenvalue weighted by molar-refractivity contribution is 0.282. The number of pyridine rings is 1. The van der Waals surface area contributed by atoms with Gasteiger partial charge in [0.05, 0.1) is 30.7 Å². The van der Waals surface area contributed by atoms with Gasteiger partial charge in [0.2, 0.25) is 0 Å². The minimum atomic E-state index is -0.00279. The molecule has 5 heteroatoms. The molecule has 0 spiro atoms. The highest BCUT2D eigenvalue weighted by Gasteiger charge is 2.05. The van der Waals surface area contributed by atoms with Gasteiger partial charge in [0.15, 0.2) is 0 Å². The van der Waals surface area contributed by atoms with Crippen molar-refractivity contribution in [2.75, 3.05) is 5.32 Å². The van der Waals surface area contributed by atoms with Crippen molar-refractivity contribution in [3.05, 3.63) is 65.4 Å². The average molecular weight is 297 g/mol. The summed E-state index contributed by atoms with van der Waals surface area (Å²) in [5.74, 6) is 0. The summed E-state index contributed by atoms with van der Waals surface area (Å²) in [7, 11) is 0. The van der Waals surface area contributed by atoms with Crippen molar-refractivity contribution >= 4 is 17.0 Å². The van der Waals surface area contributed by atoms with Crippen LogP contribution in [0.4, 0.5) is 5.69 Å². The third-order valence-corrected chi connectivity index (χ3v) is 4.05. The molecule has 0 fully saturated rings. The molecule has 106 valence electrons. The van der Waals surface area contributed by atoms with Gasteiger partial charge in [-0.3, -0.25) is 4.98 Å². The van der Waals surface area contributed by atoms with Crippen LogP contribution in [0.1, 0.15) is 11.3 Å². The molecular formula is C16H15N3OS. The van der Waals surface area contributed by atoms with Gasteiger partial charge in [0, 0.05) is 22.7 Å². The van der Waals surface area contributed by atoms with Crippen molar-refractivity contribution in [1.82, 2.24) is 9.97 Å². The van der Waals surface area contributed by atoms with Gasteiger partial charge in [0.1, 0.15) is 5.01 Å². The van der Waals surface area contributed by atoms with Gasteiger partial charge in [-0.2, -0.15) is 0 Å². The molecular weight excluding hydrogens is 282 g/mol. The normalized spacial score (nSPS) is 10.5. The molecule has 2 aromatic heterocycles. The van der Waals surface area contributed by atoms with Crippen LogP contribution in [0.25, 0.3) is 10.6 Å². The Kier molecular flexibility index (Phi) is 4.23. The molecule has 4 nitrogen and oxygen atoms in total. The van der Waals surface area contributed by atoms with E-state index in [1.54, 1.807) is 29.8 Å². The molecule has 21 heavy (non-hydrogen) atoms. The van der Waals surface area contributed by atoms with E-state index in [2.05, 4.69) is 27.4 Å². The Morgan fingerprint density at radius 1 is 1.14 bits per heavy atom. The second-order valence-corrected chi connectivity index (χ2v) is 5.41. The molecule has 0 atom stereocenters. The largest absolute Gasteiger partial charge is 0.392 e. The van der Waals surface area contributed by atoms with Crippen molar-refractivity contribution in [3.8, 4) is 10.6 Å². The molecule has 0 unspecified atom stereocenters. The number of nitrogens with zero attached hydrogens (tertiary/aromatic N) is 2. The number of benzene rings is 1. The van der Waals surface area contributed by atoms with Crippen LogP contribution in [0.15, 0.2) is 54.2 Å². The molecule has 0 aliphatic heterocycles. The summed E-state index contributed by atoms with van der Waals surface area (Å²) < 4.78 is 0. The van der Waals surface area contributed by atoms with E-state index in [1.807, 2.05) is 23.6 Å². The van der Waals surface area contributed by atoms with Crippen LogP contribution in [0.3, 0.4) is 0 Å². The zero-order chi connectivity index (χ0) is 14.5. The summed E-state index contributed by atoms with van der Waals surface area (Å²) in [4.78, 5) is 8.69. The lowest BCUT2D eigenvalue weighted by Gasteiger charge is -2.08. The first-order valence-electron chi connectivity index (χ1n) is 6.64.